The fraction of sp³-hybridized carbons (Fsp3) is 0.462. The second-order valence-electron chi connectivity index (χ2n) is 4.64. The highest BCUT2D eigenvalue weighted by molar-refractivity contribution is 5.95. The second-order valence-corrected chi connectivity index (χ2v) is 4.64. The van der Waals surface area contributed by atoms with Gasteiger partial charge in [0.25, 0.3) is 5.91 Å². The van der Waals surface area contributed by atoms with Crippen molar-refractivity contribution in [1.82, 2.24) is 4.90 Å². The first-order valence-corrected chi connectivity index (χ1v) is 5.58. The molecule has 1 aliphatic rings. The number of hydrogen-bond donors (Lipinski definition) is 1. The number of nitrogens with zero attached hydrogens (tertiary/aromatic N) is 1. The van der Waals surface area contributed by atoms with Gasteiger partial charge in [0.15, 0.2) is 0 Å². The van der Waals surface area contributed by atoms with Crippen LogP contribution in [0.2, 0.25) is 0 Å². The number of amides is 1. The third-order valence-electron chi connectivity index (χ3n) is 2.97. The molecule has 0 aromatic heterocycles. The van der Waals surface area contributed by atoms with Gasteiger partial charge in [-0.05, 0) is 26.0 Å². The summed E-state index contributed by atoms with van der Waals surface area (Å²) in [5, 5.41) is 8.91. The smallest absolute Gasteiger partial charge is 0.253 e. The average molecular weight is 219 g/mol. The molecule has 1 aliphatic heterocycles. The number of likely N-dealkylation sites (tertiary alicyclic amines) is 1. The van der Waals surface area contributed by atoms with Crippen molar-refractivity contribution in [3.05, 3.63) is 34.9 Å². The van der Waals surface area contributed by atoms with E-state index in [9.17, 15) is 4.79 Å². The van der Waals surface area contributed by atoms with Crippen molar-refractivity contribution in [2.45, 2.75) is 13.8 Å². The largest absolute Gasteiger partial charge is 0.396 e. The third kappa shape index (κ3) is 2.09. The van der Waals surface area contributed by atoms with Gasteiger partial charge in [-0.15, -0.1) is 0 Å². The maximum atomic E-state index is 12.0. The summed E-state index contributed by atoms with van der Waals surface area (Å²) in [5.41, 5.74) is 2.99. The first-order valence-electron chi connectivity index (χ1n) is 5.58. The fourth-order valence-corrected chi connectivity index (χ4v) is 2.13. The summed E-state index contributed by atoms with van der Waals surface area (Å²) in [6.45, 7) is 5.54. The molecule has 1 amide bonds. The molecule has 1 heterocycles. The second kappa shape index (κ2) is 4.26. The molecule has 1 aromatic rings. The van der Waals surface area contributed by atoms with Crippen molar-refractivity contribution in [1.29, 1.82) is 0 Å². The van der Waals surface area contributed by atoms with Crippen molar-refractivity contribution in [2.24, 2.45) is 5.92 Å². The Morgan fingerprint density at radius 1 is 1.31 bits per heavy atom. The summed E-state index contributed by atoms with van der Waals surface area (Å²) < 4.78 is 0. The normalized spacial score (nSPS) is 16.1. The first kappa shape index (κ1) is 11.1. The van der Waals surface area contributed by atoms with Gasteiger partial charge in [0.05, 0.1) is 0 Å². The average Bonchev–Trinajstić information content (AvgIpc) is 2.14. The Morgan fingerprint density at radius 2 is 1.88 bits per heavy atom. The zero-order chi connectivity index (χ0) is 11.7. The minimum Gasteiger partial charge on any atom is -0.396 e. The number of benzene rings is 1. The molecule has 0 saturated carbocycles. The van der Waals surface area contributed by atoms with Crippen LogP contribution in [0.3, 0.4) is 0 Å². The molecular formula is C13H17NO2. The summed E-state index contributed by atoms with van der Waals surface area (Å²) in [5.74, 6) is 0.353. The molecular weight excluding hydrogens is 202 g/mol. The molecule has 1 N–H and O–H groups in total. The van der Waals surface area contributed by atoms with Gasteiger partial charge in [-0.25, -0.2) is 0 Å². The maximum absolute atomic E-state index is 12.0. The molecule has 2 rings (SSSR count). The summed E-state index contributed by atoms with van der Waals surface area (Å²) in [7, 11) is 0. The summed E-state index contributed by atoms with van der Waals surface area (Å²) in [6, 6.07) is 5.90. The Hall–Kier alpha value is -1.35. The van der Waals surface area contributed by atoms with Crippen LogP contribution < -0.4 is 0 Å². The molecule has 0 unspecified atom stereocenters. The molecule has 0 bridgehead atoms. The van der Waals surface area contributed by atoms with Crippen LogP contribution in [0.5, 0.6) is 0 Å². The van der Waals surface area contributed by atoms with Gasteiger partial charge in [-0.1, -0.05) is 17.2 Å². The Labute approximate surface area is 95.7 Å². The van der Waals surface area contributed by atoms with Crippen LogP contribution in [0, 0.1) is 19.8 Å². The molecule has 16 heavy (non-hydrogen) atoms. The zero-order valence-electron chi connectivity index (χ0n) is 9.73. The predicted molar refractivity (Wildman–Crippen MR) is 62.4 cm³/mol. The highest BCUT2D eigenvalue weighted by Crippen LogP contribution is 2.19. The first-order chi connectivity index (χ1) is 7.60. The number of hydrogen-bond acceptors (Lipinski definition) is 2. The SMILES string of the molecule is Cc1cc(C)cc(C(=O)N2CC(CO)C2)c1. The molecule has 86 valence electrons. The number of aliphatic hydroxyl groups is 1. The molecule has 0 radical (unpaired) electrons. The maximum Gasteiger partial charge on any atom is 0.253 e. The van der Waals surface area contributed by atoms with E-state index in [4.69, 9.17) is 5.11 Å². The topological polar surface area (TPSA) is 40.5 Å². The van der Waals surface area contributed by atoms with Crippen molar-refractivity contribution >= 4 is 5.91 Å². The Kier molecular flexibility index (Phi) is 2.97. The lowest BCUT2D eigenvalue weighted by molar-refractivity contribution is 0.0362. The van der Waals surface area contributed by atoms with Gasteiger partial charge in [0, 0.05) is 31.2 Å². The minimum absolute atomic E-state index is 0.0801. The van der Waals surface area contributed by atoms with Gasteiger partial charge in [0.1, 0.15) is 0 Å². The molecule has 0 spiro atoms. The Morgan fingerprint density at radius 3 is 2.38 bits per heavy atom. The van der Waals surface area contributed by atoms with Gasteiger partial charge in [-0.3, -0.25) is 4.79 Å². The summed E-state index contributed by atoms with van der Waals surface area (Å²) in [4.78, 5) is 13.8. The molecule has 3 heteroatoms. The lowest BCUT2D eigenvalue weighted by Crippen LogP contribution is -2.51. The standard InChI is InChI=1S/C13H17NO2/c1-9-3-10(2)5-12(4-9)13(16)14-6-11(7-14)8-15/h3-5,11,15H,6-8H2,1-2H3. The van der Waals surface area contributed by atoms with E-state index >= 15 is 0 Å². The third-order valence-corrected chi connectivity index (χ3v) is 2.97. The predicted octanol–water partition coefficient (Wildman–Crippen LogP) is 1.37. The molecule has 1 fully saturated rings. The quantitative estimate of drug-likeness (QED) is 0.816. The molecule has 0 aliphatic carbocycles. The van der Waals surface area contributed by atoms with E-state index in [-0.39, 0.29) is 18.4 Å². The molecule has 1 saturated heterocycles. The van der Waals surface area contributed by atoms with E-state index in [1.807, 2.05) is 26.0 Å². The number of aryl methyl sites for hydroxylation is 2. The van der Waals surface area contributed by atoms with Crippen LogP contribution in [-0.4, -0.2) is 35.6 Å². The molecule has 0 atom stereocenters. The number of carbonyl (C=O) groups is 1. The van der Waals surface area contributed by atoms with Crippen molar-refractivity contribution in [3.63, 3.8) is 0 Å². The lowest BCUT2D eigenvalue weighted by Gasteiger charge is -2.38. The van der Waals surface area contributed by atoms with E-state index < -0.39 is 0 Å². The van der Waals surface area contributed by atoms with Gasteiger partial charge in [-0.2, -0.15) is 0 Å². The molecule has 1 aromatic carbocycles. The van der Waals surface area contributed by atoms with Crippen LogP contribution in [0.25, 0.3) is 0 Å². The van der Waals surface area contributed by atoms with Crippen molar-refractivity contribution in [2.75, 3.05) is 19.7 Å². The van der Waals surface area contributed by atoms with Crippen molar-refractivity contribution in [3.8, 4) is 0 Å². The van der Waals surface area contributed by atoms with Gasteiger partial charge in [0.2, 0.25) is 0 Å². The lowest BCUT2D eigenvalue weighted by atomic mass is 9.99. The van der Waals surface area contributed by atoms with Crippen LogP contribution in [0.15, 0.2) is 18.2 Å². The van der Waals surface area contributed by atoms with Crippen LogP contribution in [-0.2, 0) is 0 Å². The number of carbonyl (C=O) groups excluding carboxylic acids is 1. The van der Waals surface area contributed by atoms with Crippen LogP contribution >= 0.6 is 0 Å². The number of rotatable bonds is 2. The Balaban J connectivity index is 2.10. The van der Waals surface area contributed by atoms with Crippen molar-refractivity contribution < 1.29 is 9.90 Å². The van der Waals surface area contributed by atoms with Gasteiger partial charge < -0.3 is 10.0 Å². The summed E-state index contributed by atoms with van der Waals surface area (Å²) in [6.07, 6.45) is 0. The van der Waals surface area contributed by atoms with E-state index in [2.05, 4.69) is 6.07 Å². The number of aliphatic hydroxyl groups excluding tert-OH is 1. The van der Waals surface area contributed by atoms with Gasteiger partial charge >= 0.3 is 0 Å². The van der Waals surface area contributed by atoms with E-state index in [0.717, 1.165) is 16.7 Å². The molecule has 3 nitrogen and oxygen atoms in total. The van der Waals surface area contributed by atoms with E-state index in [0.29, 0.717) is 13.1 Å². The zero-order valence-corrected chi connectivity index (χ0v) is 9.73. The summed E-state index contributed by atoms with van der Waals surface area (Å²) >= 11 is 0. The van der Waals surface area contributed by atoms with E-state index in [1.165, 1.54) is 0 Å². The fourth-order valence-electron chi connectivity index (χ4n) is 2.13. The van der Waals surface area contributed by atoms with E-state index in [1.54, 1.807) is 4.90 Å². The highest BCUT2D eigenvalue weighted by atomic mass is 16.3. The Bertz CT molecular complexity index is 388. The van der Waals surface area contributed by atoms with Crippen LogP contribution in [0.4, 0.5) is 0 Å². The monoisotopic (exact) mass is 219 g/mol. The van der Waals surface area contributed by atoms with Crippen LogP contribution in [0.1, 0.15) is 21.5 Å². The minimum atomic E-state index is 0.0801. The highest BCUT2D eigenvalue weighted by Gasteiger charge is 2.30.